The average Bonchev–Trinajstić information content (AvgIpc) is 3.10. The molecule has 0 aliphatic rings. The number of anilines is 4. The molecule has 4 rings (SSSR count). The molecule has 0 bridgehead atoms. The summed E-state index contributed by atoms with van der Waals surface area (Å²) in [7, 11) is 0. The number of carbonyl (C=O) groups excluding carboxylic acids is 1. The molecule has 0 spiro atoms. The summed E-state index contributed by atoms with van der Waals surface area (Å²) >= 11 is 0. The number of nitrogens with zero attached hydrogens (tertiary/aromatic N) is 4. The maximum Gasteiger partial charge on any atom is 0.335 e. The molecular weight excluding hydrogens is 580 g/mol. The zero-order chi connectivity index (χ0) is 34.9. The van der Waals surface area contributed by atoms with Crippen molar-refractivity contribution < 1.29 is 14.7 Å². The van der Waals surface area contributed by atoms with E-state index in [1.165, 1.54) is 12.1 Å². The molecule has 0 fully saturated rings. The van der Waals surface area contributed by atoms with Crippen LogP contribution in [0.5, 0.6) is 0 Å². The van der Waals surface area contributed by atoms with Crippen LogP contribution in [0, 0.1) is 0 Å². The zero-order valence-electron chi connectivity index (χ0n) is 28.6. The molecule has 0 aliphatic heterocycles. The number of amides is 1. The van der Waals surface area contributed by atoms with E-state index in [-0.39, 0.29) is 18.9 Å². The molecule has 1 amide bonds. The Balaban J connectivity index is -0.000000290. The van der Waals surface area contributed by atoms with Crippen LogP contribution in [0.4, 0.5) is 23.3 Å². The molecule has 256 valence electrons. The smallest absolute Gasteiger partial charge is 0.335 e. The van der Waals surface area contributed by atoms with Gasteiger partial charge in [-0.3, -0.25) is 4.79 Å². The van der Waals surface area contributed by atoms with Crippen LogP contribution >= 0.6 is 0 Å². The molecule has 6 N–H and O–H groups in total. The van der Waals surface area contributed by atoms with E-state index in [2.05, 4.69) is 35.9 Å². The van der Waals surface area contributed by atoms with Crippen molar-refractivity contribution in [1.29, 1.82) is 0 Å². The third kappa shape index (κ3) is 22.6. The lowest BCUT2D eigenvalue weighted by molar-refractivity contribution is 0.0696. The minimum absolute atomic E-state index is 0. The number of hydrogen-bond donors (Lipinski definition) is 5. The number of aromatic nitrogens is 4. The maximum atomic E-state index is 11.7. The van der Waals surface area contributed by atoms with E-state index in [0.717, 1.165) is 12.2 Å². The second-order valence-corrected chi connectivity index (χ2v) is 7.13. The van der Waals surface area contributed by atoms with Gasteiger partial charge in [0.25, 0.3) is 5.91 Å². The number of carbonyl (C=O) groups is 2. The summed E-state index contributed by atoms with van der Waals surface area (Å²) < 4.78 is 0. The lowest BCUT2D eigenvalue weighted by Crippen LogP contribution is -2.22. The molecule has 11 nitrogen and oxygen atoms in total. The van der Waals surface area contributed by atoms with E-state index >= 15 is 0 Å². The van der Waals surface area contributed by atoms with Gasteiger partial charge in [0.2, 0.25) is 11.9 Å². The Hall–Kier alpha value is -4.90. The van der Waals surface area contributed by atoms with Crippen LogP contribution < -0.4 is 21.7 Å². The van der Waals surface area contributed by atoms with Crippen molar-refractivity contribution in [3.05, 3.63) is 96.6 Å². The summed E-state index contributed by atoms with van der Waals surface area (Å²) in [6, 6.07) is 17.1. The predicted molar refractivity (Wildman–Crippen MR) is 195 cm³/mol. The maximum absolute atomic E-state index is 11.7. The summed E-state index contributed by atoms with van der Waals surface area (Å²) in [4.78, 5) is 38.5. The van der Waals surface area contributed by atoms with Crippen molar-refractivity contribution in [2.24, 2.45) is 5.73 Å². The number of rotatable bonds is 7. The molecule has 0 unspecified atom stereocenters. The highest BCUT2D eigenvalue weighted by molar-refractivity contribution is 5.95. The van der Waals surface area contributed by atoms with Gasteiger partial charge in [0.15, 0.2) is 0 Å². The SMILES string of the molecule is C.CC.CC.CC.CC.CCN.CCNC(=O)c1cccc(Nc2ncccn2)c1.O=C(O)c1cccc(Nc2ncccn2)c1. The highest BCUT2D eigenvalue weighted by Crippen LogP contribution is 2.15. The summed E-state index contributed by atoms with van der Waals surface area (Å²) in [6.45, 7) is 21.1. The Kier molecular flexibility index (Phi) is 36.1. The fraction of sp³-hybridized carbons (Fsp3) is 0.371. The van der Waals surface area contributed by atoms with E-state index in [9.17, 15) is 9.59 Å². The van der Waals surface area contributed by atoms with E-state index in [0.29, 0.717) is 29.7 Å². The molecule has 0 radical (unpaired) electrons. The fourth-order valence-corrected chi connectivity index (χ4v) is 2.72. The van der Waals surface area contributed by atoms with Crippen LogP contribution in [0.25, 0.3) is 0 Å². The molecule has 4 aromatic rings. The van der Waals surface area contributed by atoms with E-state index < -0.39 is 5.97 Å². The van der Waals surface area contributed by atoms with Gasteiger partial charge in [0.1, 0.15) is 0 Å². The van der Waals surface area contributed by atoms with E-state index in [4.69, 9.17) is 10.8 Å². The van der Waals surface area contributed by atoms with Gasteiger partial charge in [-0.15, -0.1) is 0 Å². The topological polar surface area (TPSA) is 168 Å². The number of nitrogens with one attached hydrogen (secondary N) is 3. The van der Waals surface area contributed by atoms with Crippen molar-refractivity contribution in [2.75, 3.05) is 23.7 Å². The summed E-state index contributed by atoms with van der Waals surface area (Å²) in [5, 5.41) is 17.5. The number of nitrogens with two attached hydrogens (primary N) is 1. The van der Waals surface area contributed by atoms with Crippen LogP contribution in [0.1, 0.15) is 97.4 Å². The zero-order valence-corrected chi connectivity index (χ0v) is 28.6. The van der Waals surface area contributed by atoms with E-state index in [1.54, 1.807) is 61.2 Å². The number of carboxylic acid groups (broad SMARTS) is 1. The largest absolute Gasteiger partial charge is 0.478 e. The Morgan fingerprint density at radius 2 is 1.00 bits per heavy atom. The lowest BCUT2D eigenvalue weighted by Gasteiger charge is -2.06. The van der Waals surface area contributed by atoms with Gasteiger partial charge in [-0.2, -0.15) is 0 Å². The fourth-order valence-electron chi connectivity index (χ4n) is 2.72. The summed E-state index contributed by atoms with van der Waals surface area (Å²) in [6.07, 6.45) is 6.53. The minimum atomic E-state index is -0.961. The van der Waals surface area contributed by atoms with Gasteiger partial charge >= 0.3 is 5.97 Å². The summed E-state index contributed by atoms with van der Waals surface area (Å²) in [5.74, 6) is -0.108. The quantitative estimate of drug-likeness (QED) is 0.132. The molecule has 2 aromatic heterocycles. The minimum Gasteiger partial charge on any atom is -0.478 e. The van der Waals surface area contributed by atoms with Gasteiger partial charge in [0.05, 0.1) is 5.56 Å². The molecular formula is C35H58N8O3. The van der Waals surface area contributed by atoms with Crippen molar-refractivity contribution >= 4 is 35.1 Å². The Morgan fingerprint density at radius 3 is 1.35 bits per heavy atom. The van der Waals surface area contributed by atoms with Crippen molar-refractivity contribution in [2.45, 2.75) is 76.7 Å². The second-order valence-electron chi connectivity index (χ2n) is 7.13. The first-order valence-electron chi connectivity index (χ1n) is 15.5. The van der Waals surface area contributed by atoms with Crippen LogP contribution in [-0.4, -0.2) is 50.0 Å². The Morgan fingerprint density at radius 1 is 0.652 bits per heavy atom. The van der Waals surface area contributed by atoms with Crippen LogP contribution in [0.3, 0.4) is 0 Å². The number of aromatic carboxylic acids is 1. The van der Waals surface area contributed by atoms with Gasteiger partial charge in [-0.05, 0) is 62.0 Å². The molecule has 0 saturated heterocycles. The average molecular weight is 639 g/mol. The third-order valence-corrected chi connectivity index (χ3v) is 4.22. The number of benzene rings is 2. The molecule has 0 atom stereocenters. The van der Waals surface area contributed by atoms with Crippen molar-refractivity contribution in [3.63, 3.8) is 0 Å². The normalized spacial score (nSPS) is 8.15. The number of hydrogen-bond acceptors (Lipinski definition) is 9. The first kappa shape index (κ1) is 48.0. The first-order chi connectivity index (χ1) is 22.0. The Bertz CT molecular complexity index is 1240. The molecule has 0 aliphatic carbocycles. The second kappa shape index (κ2) is 34.6. The highest BCUT2D eigenvalue weighted by Gasteiger charge is 2.05. The van der Waals surface area contributed by atoms with Crippen LogP contribution in [-0.2, 0) is 0 Å². The van der Waals surface area contributed by atoms with Gasteiger partial charge in [-0.1, -0.05) is 81.9 Å². The highest BCUT2D eigenvalue weighted by atomic mass is 16.4. The number of carboxylic acids is 1. The van der Waals surface area contributed by atoms with Gasteiger partial charge in [-0.25, -0.2) is 24.7 Å². The molecule has 2 heterocycles. The molecule has 2 aromatic carbocycles. The van der Waals surface area contributed by atoms with E-state index in [1.807, 2.05) is 81.4 Å². The molecule has 46 heavy (non-hydrogen) atoms. The standard InChI is InChI=1S/C13H14N4O.C11H9N3O2.C2H7N.4C2H6.CH4/c1-2-14-12(18)10-5-3-6-11(9-10)17-13-15-7-4-8-16-13;15-10(16)8-3-1-4-9(7-8)14-11-12-5-2-6-13-11;1-2-3;4*1-2;/h3-9H,2H2,1H3,(H,14,18)(H,15,16,17);1-7H,(H,15,16)(H,12,13,14);2-3H2,1H3;4*1-2H3;1H4. The lowest BCUT2D eigenvalue weighted by atomic mass is 10.2. The predicted octanol–water partition coefficient (Wildman–Crippen LogP) is 8.59. The monoisotopic (exact) mass is 638 g/mol. The van der Waals surface area contributed by atoms with Gasteiger partial charge in [0, 0.05) is 48.3 Å². The molecule has 0 saturated carbocycles. The first-order valence-corrected chi connectivity index (χ1v) is 15.5. The van der Waals surface area contributed by atoms with Crippen LogP contribution in [0.15, 0.2) is 85.5 Å². The van der Waals surface area contributed by atoms with Gasteiger partial charge < -0.3 is 26.8 Å². The van der Waals surface area contributed by atoms with Crippen molar-refractivity contribution in [1.82, 2.24) is 25.3 Å². The van der Waals surface area contributed by atoms with Crippen LogP contribution in [0.2, 0.25) is 0 Å². The molecule has 11 heteroatoms. The Labute approximate surface area is 277 Å². The third-order valence-electron chi connectivity index (χ3n) is 4.22. The van der Waals surface area contributed by atoms with Crippen molar-refractivity contribution in [3.8, 4) is 0 Å². The summed E-state index contributed by atoms with van der Waals surface area (Å²) in [5.41, 5.74) is 7.11.